The number of ether oxygens (including phenoxy) is 1. The van der Waals surface area contributed by atoms with Crippen LogP contribution in [0, 0.1) is 17.0 Å². The average molecular weight is 548 g/mol. The first-order valence-corrected chi connectivity index (χ1v) is 13.0. The van der Waals surface area contributed by atoms with E-state index in [1.807, 2.05) is 6.07 Å². The van der Waals surface area contributed by atoms with E-state index in [-0.39, 0.29) is 6.42 Å². The Morgan fingerprint density at radius 3 is 2.58 bits per heavy atom. The third-order valence-corrected chi connectivity index (χ3v) is 7.71. The quantitative estimate of drug-likeness (QED) is 0.285. The Morgan fingerprint density at radius 2 is 1.92 bits per heavy atom. The summed E-state index contributed by atoms with van der Waals surface area (Å²) in [4.78, 5) is 18.3. The number of pyridine rings is 1. The number of methoxy groups -OCH3 is 1. The van der Waals surface area contributed by atoms with Gasteiger partial charge in [0.05, 0.1) is 30.2 Å². The van der Waals surface area contributed by atoms with Crippen molar-refractivity contribution in [2.24, 2.45) is 5.41 Å². The molecule has 10 heteroatoms. The van der Waals surface area contributed by atoms with Gasteiger partial charge in [-0.3, -0.25) is 9.78 Å². The molecule has 1 atom stereocenters. The molecule has 0 bridgehead atoms. The first-order valence-electron chi connectivity index (χ1n) is 12.6. The van der Waals surface area contributed by atoms with Crippen LogP contribution in [0.1, 0.15) is 43.8 Å². The van der Waals surface area contributed by atoms with Gasteiger partial charge in [-0.1, -0.05) is 11.6 Å². The Balaban J connectivity index is 1.38. The molecular formula is C28H32ClF2N3O4. The van der Waals surface area contributed by atoms with Crippen LogP contribution in [0.4, 0.5) is 14.5 Å². The highest BCUT2D eigenvalue weighted by atomic mass is 35.5. The zero-order valence-electron chi connectivity index (χ0n) is 21.2. The number of anilines is 1. The van der Waals surface area contributed by atoms with Crippen LogP contribution < -0.4 is 10.1 Å². The number of nitrogens with one attached hydrogen (secondary N) is 1. The van der Waals surface area contributed by atoms with Gasteiger partial charge >= 0.3 is 5.97 Å². The Labute approximate surface area is 225 Å². The fraction of sp³-hybridized carbons (Fsp3) is 0.429. The normalized spacial score (nSPS) is 16.3. The Bertz CT molecular complexity index is 1260. The number of fused-ring (bicyclic) bond motifs is 1. The van der Waals surface area contributed by atoms with Gasteiger partial charge in [0, 0.05) is 42.0 Å². The van der Waals surface area contributed by atoms with E-state index in [4.69, 9.17) is 16.3 Å². The number of likely N-dealkylation sites (tertiary alicyclic amines) is 1. The number of aliphatic carboxylic acids is 1. The van der Waals surface area contributed by atoms with Crippen molar-refractivity contribution in [3.63, 3.8) is 0 Å². The van der Waals surface area contributed by atoms with Crippen LogP contribution in [0.3, 0.4) is 0 Å². The number of halogens is 3. The lowest BCUT2D eigenvalue weighted by Crippen LogP contribution is -2.43. The molecule has 0 aliphatic carbocycles. The van der Waals surface area contributed by atoms with Crippen LogP contribution in [0.2, 0.25) is 5.02 Å². The van der Waals surface area contributed by atoms with Crippen molar-refractivity contribution in [1.82, 2.24) is 9.88 Å². The summed E-state index contributed by atoms with van der Waals surface area (Å²) in [5, 5.41) is 24.9. The second-order valence-corrected chi connectivity index (χ2v) is 10.4. The van der Waals surface area contributed by atoms with Crippen LogP contribution in [-0.2, 0) is 4.79 Å². The fourth-order valence-corrected chi connectivity index (χ4v) is 5.60. The number of aromatic nitrogens is 1. The maximum absolute atomic E-state index is 13.4. The second-order valence-electron chi connectivity index (χ2n) is 9.95. The van der Waals surface area contributed by atoms with Crippen LogP contribution >= 0.6 is 11.6 Å². The molecule has 3 N–H and O–H groups in total. The molecule has 1 aliphatic rings. The summed E-state index contributed by atoms with van der Waals surface area (Å²) >= 11 is 6.45. The topological polar surface area (TPSA) is 94.9 Å². The van der Waals surface area contributed by atoms with Crippen LogP contribution in [0.5, 0.6) is 5.75 Å². The van der Waals surface area contributed by atoms with E-state index in [0.717, 1.165) is 6.07 Å². The summed E-state index contributed by atoms with van der Waals surface area (Å²) in [5.41, 5.74) is 1.19. The van der Waals surface area contributed by atoms with Gasteiger partial charge in [-0.15, -0.1) is 0 Å². The number of hydrogen-bond donors (Lipinski definition) is 3. The van der Waals surface area contributed by atoms with Gasteiger partial charge in [0.15, 0.2) is 0 Å². The summed E-state index contributed by atoms with van der Waals surface area (Å²) in [6.45, 7) is 2.55. The number of aliphatic hydroxyl groups is 1. The minimum atomic E-state index is -0.889. The average Bonchev–Trinajstić information content (AvgIpc) is 2.87. The number of carbonyl (C=O) groups is 1. The maximum Gasteiger partial charge on any atom is 0.303 e. The van der Waals surface area contributed by atoms with E-state index in [9.17, 15) is 23.8 Å². The molecule has 0 saturated carbocycles. The van der Waals surface area contributed by atoms with E-state index >= 15 is 0 Å². The number of aliphatic hydroxyl groups excluding tert-OH is 1. The molecule has 3 aromatic rings. The van der Waals surface area contributed by atoms with E-state index in [1.165, 1.54) is 18.3 Å². The molecule has 38 heavy (non-hydrogen) atoms. The zero-order valence-corrected chi connectivity index (χ0v) is 22.0. The van der Waals surface area contributed by atoms with Crippen molar-refractivity contribution in [2.75, 3.05) is 38.6 Å². The van der Waals surface area contributed by atoms with Crippen molar-refractivity contribution < 1.29 is 28.5 Å². The molecule has 2 aromatic carbocycles. The van der Waals surface area contributed by atoms with Crippen molar-refractivity contribution in [1.29, 1.82) is 0 Å². The number of nitrogens with zero attached hydrogens (tertiary/aromatic N) is 2. The van der Waals surface area contributed by atoms with Gasteiger partial charge in [-0.05, 0) is 74.5 Å². The standard InChI is InChI=1S/C28H32ClF2N3O4/c1-38-21-2-3-24-22(15-21)27(23(29)17-33-24)25(35)4-5-28(16-26(36)37)6-9-34(10-7-28)11-8-32-20-13-18(30)12-19(31)14-20/h2-3,12-15,17,25,32,35H,4-11,16H2,1H3,(H,36,37)/t25-/m0/s1. The lowest BCUT2D eigenvalue weighted by molar-refractivity contribution is -0.141. The smallest absolute Gasteiger partial charge is 0.303 e. The molecule has 4 rings (SSSR count). The third-order valence-electron chi connectivity index (χ3n) is 7.41. The number of carboxylic acids is 1. The number of piperidine rings is 1. The monoisotopic (exact) mass is 547 g/mol. The Kier molecular flexibility index (Phi) is 9.02. The third kappa shape index (κ3) is 6.89. The molecule has 1 aromatic heterocycles. The van der Waals surface area contributed by atoms with Crippen molar-refractivity contribution >= 4 is 34.2 Å². The van der Waals surface area contributed by atoms with Gasteiger partial charge in [-0.2, -0.15) is 0 Å². The zero-order chi connectivity index (χ0) is 27.3. The number of rotatable bonds is 11. The lowest BCUT2D eigenvalue weighted by atomic mass is 9.71. The molecular weight excluding hydrogens is 516 g/mol. The van der Waals surface area contributed by atoms with Gasteiger partial charge in [0.25, 0.3) is 0 Å². The molecule has 1 saturated heterocycles. The second kappa shape index (κ2) is 12.2. The number of carboxylic acid groups (broad SMARTS) is 1. The lowest BCUT2D eigenvalue weighted by Gasteiger charge is -2.41. The molecule has 0 unspecified atom stereocenters. The largest absolute Gasteiger partial charge is 0.497 e. The molecule has 0 amide bonds. The summed E-state index contributed by atoms with van der Waals surface area (Å²) in [5.74, 6) is -1.50. The maximum atomic E-state index is 13.4. The SMILES string of the molecule is COc1ccc2ncc(Cl)c([C@@H](O)CCC3(CC(=O)O)CCN(CCNc4cc(F)cc(F)c4)CC3)c2c1. The van der Waals surface area contributed by atoms with Gasteiger partial charge in [0.2, 0.25) is 0 Å². The molecule has 1 fully saturated rings. The summed E-state index contributed by atoms with van der Waals surface area (Å²) in [6, 6.07) is 8.72. The number of hydrogen-bond acceptors (Lipinski definition) is 6. The van der Waals surface area contributed by atoms with E-state index in [2.05, 4.69) is 15.2 Å². The minimum Gasteiger partial charge on any atom is -0.497 e. The highest BCUT2D eigenvalue weighted by Crippen LogP contribution is 2.43. The Morgan fingerprint density at radius 1 is 1.21 bits per heavy atom. The fourth-order valence-electron chi connectivity index (χ4n) is 5.32. The summed E-state index contributed by atoms with van der Waals surface area (Å²) in [6.07, 6.45) is 2.87. The van der Waals surface area contributed by atoms with Crippen molar-refractivity contribution in [2.45, 2.75) is 38.2 Å². The van der Waals surface area contributed by atoms with E-state index in [0.29, 0.717) is 84.8 Å². The van der Waals surface area contributed by atoms with E-state index in [1.54, 1.807) is 19.2 Å². The van der Waals surface area contributed by atoms with Crippen LogP contribution in [0.15, 0.2) is 42.6 Å². The van der Waals surface area contributed by atoms with Gasteiger partial charge in [-0.25, -0.2) is 8.78 Å². The molecule has 204 valence electrons. The predicted octanol–water partition coefficient (Wildman–Crippen LogP) is 5.66. The number of benzene rings is 2. The molecule has 0 spiro atoms. The first-order chi connectivity index (χ1) is 18.2. The highest BCUT2D eigenvalue weighted by Gasteiger charge is 2.37. The van der Waals surface area contributed by atoms with Crippen LogP contribution in [0.25, 0.3) is 10.9 Å². The van der Waals surface area contributed by atoms with Crippen molar-refractivity contribution in [3.8, 4) is 5.75 Å². The van der Waals surface area contributed by atoms with Crippen molar-refractivity contribution in [3.05, 3.63) is 64.8 Å². The minimum absolute atomic E-state index is 0.0209. The Hall–Kier alpha value is -3.01. The summed E-state index contributed by atoms with van der Waals surface area (Å²) < 4.78 is 32.1. The molecule has 0 radical (unpaired) electrons. The highest BCUT2D eigenvalue weighted by molar-refractivity contribution is 6.32. The van der Waals surface area contributed by atoms with Gasteiger partial charge < -0.3 is 25.2 Å². The first kappa shape index (κ1) is 28.0. The molecule has 7 nitrogen and oxygen atoms in total. The van der Waals surface area contributed by atoms with Crippen LogP contribution in [-0.4, -0.2) is 59.4 Å². The predicted molar refractivity (Wildman–Crippen MR) is 143 cm³/mol. The van der Waals surface area contributed by atoms with Gasteiger partial charge in [0.1, 0.15) is 17.4 Å². The molecule has 2 heterocycles. The molecule has 1 aliphatic heterocycles. The van der Waals surface area contributed by atoms with E-state index < -0.39 is 29.1 Å². The summed E-state index contributed by atoms with van der Waals surface area (Å²) in [7, 11) is 1.56.